The van der Waals surface area contributed by atoms with Gasteiger partial charge in [-0.2, -0.15) is 0 Å². The van der Waals surface area contributed by atoms with Crippen molar-refractivity contribution in [3.05, 3.63) is 16.0 Å². The van der Waals surface area contributed by atoms with Crippen LogP contribution >= 0.6 is 0 Å². The van der Waals surface area contributed by atoms with Crippen LogP contribution in [0, 0.1) is 0 Å². The van der Waals surface area contributed by atoms with Crippen LogP contribution in [0.15, 0.2) is 4.79 Å². The van der Waals surface area contributed by atoms with Crippen LogP contribution in [0.3, 0.4) is 0 Å². The number of hydrogen-bond donors (Lipinski definition) is 3. The van der Waals surface area contributed by atoms with Crippen molar-refractivity contribution in [2.24, 2.45) is 7.05 Å². The largest absolute Gasteiger partial charge is 0.501 e. The van der Waals surface area contributed by atoms with Gasteiger partial charge in [-0.1, -0.05) is 0 Å². The van der Waals surface area contributed by atoms with Gasteiger partial charge in [0.2, 0.25) is 11.7 Å². The summed E-state index contributed by atoms with van der Waals surface area (Å²) in [5.41, 5.74) is -0.851. The number of nitrogens with one attached hydrogen (secondary N) is 2. The summed E-state index contributed by atoms with van der Waals surface area (Å²) in [4.78, 5) is 27.8. The quantitative estimate of drug-likeness (QED) is 0.723. The van der Waals surface area contributed by atoms with E-state index in [9.17, 15) is 14.7 Å². The Balaban J connectivity index is 2.32. The van der Waals surface area contributed by atoms with Crippen LogP contribution in [0.2, 0.25) is 0 Å². The lowest BCUT2D eigenvalue weighted by Crippen LogP contribution is -2.40. The van der Waals surface area contributed by atoms with E-state index in [1.165, 1.54) is 11.6 Å². The second kappa shape index (κ2) is 5.29. The second-order valence-corrected chi connectivity index (χ2v) is 4.63. The molecule has 1 saturated carbocycles. The molecule has 2 rings (SSSR count). The molecule has 1 amide bonds. The van der Waals surface area contributed by atoms with Gasteiger partial charge in [-0.15, -0.1) is 0 Å². The van der Waals surface area contributed by atoms with E-state index in [0.29, 0.717) is 6.54 Å². The van der Waals surface area contributed by atoms with Gasteiger partial charge in [-0.25, -0.2) is 4.98 Å². The number of amides is 1. The normalized spacial score (nSPS) is 14.8. The Bertz CT molecular complexity index is 549. The number of carbonyl (C=O) groups excluding carboxylic acids is 1. The average Bonchev–Trinajstić information content (AvgIpc) is 2.34. The molecular formula is C12H18N4O3. The van der Waals surface area contributed by atoms with Crippen molar-refractivity contribution in [3.8, 4) is 5.75 Å². The summed E-state index contributed by atoms with van der Waals surface area (Å²) in [6, 6.07) is 0.125. The molecule has 0 aromatic carbocycles. The van der Waals surface area contributed by atoms with E-state index >= 15 is 0 Å². The molecule has 0 bridgehead atoms. The van der Waals surface area contributed by atoms with Crippen molar-refractivity contribution in [2.45, 2.75) is 32.2 Å². The highest BCUT2D eigenvalue weighted by atomic mass is 16.3. The van der Waals surface area contributed by atoms with Crippen LogP contribution in [0.5, 0.6) is 5.75 Å². The molecule has 1 aliphatic carbocycles. The molecule has 7 nitrogen and oxygen atoms in total. The topological polar surface area (TPSA) is 96.2 Å². The van der Waals surface area contributed by atoms with Gasteiger partial charge in [0, 0.05) is 19.6 Å². The third kappa shape index (κ3) is 2.54. The third-order valence-corrected chi connectivity index (χ3v) is 3.26. The lowest BCUT2D eigenvalue weighted by Gasteiger charge is -2.26. The Labute approximate surface area is 110 Å². The zero-order chi connectivity index (χ0) is 14.0. The van der Waals surface area contributed by atoms with E-state index in [2.05, 4.69) is 15.6 Å². The highest BCUT2D eigenvalue weighted by molar-refractivity contribution is 5.95. The van der Waals surface area contributed by atoms with Crippen LogP contribution in [0.4, 0.5) is 5.95 Å². The summed E-state index contributed by atoms with van der Waals surface area (Å²) < 4.78 is 1.18. The van der Waals surface area contributed by atoms with Crippen molar-refractivity contribution in [2.75, 3.05) is 11.9 Å². The van der Waals surface area contributed by atoms with Gasteiger partial charge in [0.15, 0.2) is 5.69 Å². The van der Waals surface area contributed by atoms with Crippen LogP contribution in [-0.2, 0) is 7.05 Å². The smallest absolute Gasteiger partial charge is 0.297 e. The molecule has 19 heavy (non-hydrogen) atoms. The number of aromatic nitrogens is 2. The fourth-order valence-corrected chi connectivity index (χ4v) is 1.87. The van der Waals surface area contributed by atoms with E-state index < -0.39 is 17.2 Å². The molecule has 7 heteroatoms. The summed E-state index contributed by atoms with van der Waals surface area (Å²) in [6.45, 7) is 2.42. The molecule has 0 unspecified atom stereocenters. The number of aromatic hydroxyl groups is 1. The minimum absolute atomic E-state index is 0.125. The predicted octanol–water partition coefficient (Wildman–Crippen LogP) is 0.200. The fourth-order valence-electron chi connectivity index (χ4n) is 1.87. The Hall–Kier alpha value is -2.05. The number of carbonyl (C=O) groups is 1. The van der Waals surface area contributed by atoms with Crippen molar-refractivity contribution < 1.29 is 9.90 Å². The Morgan fingerprint density at radius 2 is 2.21 bits per heavy atom. The molecule has 0 saturated heterocycles. The summed E-state index contributed by atoms with van der Waals surface area (Å²) in [6.07, 6.45) is 2.94. The van der Waals surface area contributed by atoms with Crippen molar-refractivity contribution >= 4 is 11.9 Å². The van der Waals surface area contributed by atoms with Crippen molar-refractivity contribution in [1.29, 1.82) is 0 Å². The summed E-state index contributed by atoms with van der Waals surface area (Å²) in [5, 5.41) is 15.4. The monoisotopic (exact) mass is 266 g/mol. The zero-order valence-electron chi connectivity index (χ0n) is 11.1. The van der Waals surface area contributed by atoms with E-state index in [1.807, 2.05) is 6.92 Å². The summed E-state index contributed by atoms with van der Waals surface area (Å²) in [7, 11) is 1.49. The second-order valence-electron chi connectivity index (χ2n) is 4.63. The molecule has 0 atom stereocenters. The van der Waals surface area contributed by atoms with Gasteiger partial charge in [-0.3, -0.25) is 14.2 Å². The van der Waals surface area contributed by atoms with Crippen molar-refractivity contribution in [1.82, 2.24) is 14.9 Å². The molecule has 0 spiro atoms. The molecule has 0 radical (unpaired) electrons. The Kier molecular flexibility index (Phi) is 3.73. The SMILES string of the molecule is CCNc1nc(C(=O)NC2CCC2)c(O)c(=O)n1C. The lowest BCUT2D eigenvalue weighted by molar-refractivity contribution is 0.0908. The van der Waals surface area contributed by atoms with Crippen LogP contribution in [-0.4, -0.2) is 33.2 Å². The molecule has 1 aliphatic rings. The first-order chi connectivity index (χ1) is 9.04. The van der Waals surface area contributed by atoms with E-state index in [4.69, 9.17) is 0 Å². The van der Waals surface area contributed by atoms with Crippen molar-refractivity contribution in [3.63, 3.8) is 0 Å². The standard InChI is InChI=1S/C12H18N4O3/c1-3-13-12-15-8(9(17)11(19)16(12)2)10(18)14-7-5-4-6-7/h7,17H,3-6H2,1-2H3,(H,13,15)(H,14,18). The van der Waals surface area contributed by atoms with Crippen LogP contribution in [0.1, 0.15) is 36.7 Å². The van der Waals surface area contributed by atoms with Gasteiger partial charge >= 0.3 is 0 Å². The summed E-state index contributed by atoms with van der Waals surface area (Å²) >= 11 is 0. The van der Waals surface area contributed by atoms with Gasteiger partial charge in [0.25, 0.3) is 11.5 Å². The lowest BCUT2D eigenvalue weighted by atomic mass is 9.93. The first-order valence-electron chi connectivity index (χ1n) is 6.39. The maximum atomic E-state index is 12.0. The Morgan fingerprint density at radius 1 is 1.53 bits per heavy atom. The van der Waals surface area contributed by atoms with E-state index in [-0.39, 0.29) is 17.7 Å². The van der Waals surface area contributed by atoms with Crippen LogP contribution in [0.25, 0.3) is 0 Å². The summed E-state index contributed by atoms with van der Waals surface area (Å²) in [5.74, 6) is -0.843. The predicted molar refractivity (Wildman–Crippen MR) is 70.4 cm³/mol. The number of nitrogens with zero attached hydrogens (tertiary/aromatic N) is 2. The molecule has 3 N–H and O–H groups in total. The average molecular weight is 266 g/mol. The maximum Gasteiger partial charge on any atom is 0.297 e. The number of hydrogen-bond acceptors (Lipinski definition) is 5. The minimum atomic E-state index is -0.635. The third-order valence-electron chi connectivity index (χ3n) is 3.26. The van der Waals surface area contributed by atoms with Gasteiger partial charge in [0.1, 0.15) is 0 Å². The number of rotatable bonds is 4. The molecular weight excluding hydrogens is 248 g/mol. The zero-order valence-corrected chi connectivity index (χ0v) is 11.1. The van der Waals surface area contributed by atoms with Gasteiger partial charge in [-0.05, 0) is 26.2 Å². The first kappa shape index (κ1) is 13.4. The van der Waals surface area contributed by atoms with Gasteiger partial charge in [0.05, 0.1) is 0 Å². The number of anilines is 1. The van der Waals surface area contributed by atoms with E-state index in [1.54, 1.807) is 0 Å². The molecule has 1 fully saturated rings. The van der Waals surface area contributed by atoms with Crippen LogP contribution < -0.4 is 16.2 Å². The Morgan fingerprint density at radius 3 is 2.74 bits per heavy atom. The maximum absolute atomic E-state index is 12.0. The molecule has 0 aliphatic heterocycles. The highest BCUT2D eigenvalue weighted by Crippen LogP contribution is 2.19. The minimum Gasteiger partial charge on any atom is -0.501 e. The highest BCUT2D eigenvalue weighted by Gasteiger charge is 2.24. The molecule has 104 valence electrons. The molecule has 1 aromatic rings. The first-order valence-corrected chi connectivity index (χ1v) is 6.39. The molecule has 1 aromatic heterocycles. The molecule has 1 heterocycles. The fraction of sp³-hybridized carbons (Fsp3) is 0.583. The van der Waals surface area contributed by atoms with Gasteiger partial charge < -0.3 is 15.7 Å². The van der Waals surface area contributed by atoms with E-state index in [0.717, 1.165) is 19.3 Å².